The molecule has 26 heavy (non-hydrogen) atoms. The zero-order valence-electron chi connectivity index (χ0n) is 14.5. The molecule has 2 heterocycles. The van der Waals surface area contributed by atoms with Crippen molar-refractivity contribution in [3.05, 3.63) is 53.4 Å². The summed E-state index contributed by atoms with van der Waals surface area (Å²) < 4.78 is 33.7. The fourth-order valence-corrected chi connectivity index (χ4v) is 5.29. The Balaban J connectivity index is 1.87. The highest BCUT2D eigenvalue weighted by molar-refractivity contribution is 7.91. The summed E-state index contributed by atoms with van der Waals surface area (Å²) >= 11 is 1.15. The maximum absolute atomic E-state index is 12.9. The van der Waals surface area contributed by atoms with Gasteiger partial charge < -0.3 is 9.64 Å². The van der Waals surface area contributed by atoms with Crippen molar-refractivity contribution in [1.29, 1.82) is 0 Å². The lowest BCUT2D eigenvalue weighted by Gasteiger charge is -2.32. The molecule has 0 aliphatic carbocycles. The van der Waals surface area contributed by atoms with E-state index in [0.717, 1.165) is 16.9 Å². The first-order valence-corrected chi connectivity index (χ1v) is 10.8. The molecule has 0 spiro atoms. The zero-order valence-corrected chi connectivity index (χ0v) is 16.1. The van der Waals surface area contributed by atoms with E-state index in [1.807, 2.05) is 30.3 Å². The molecule has 1 aromatic heterocycles. The molecular weight excluding hydrogens is 372 g/mol. The van der Waals surface area contributed by atoms with Crippen LogP contribution in [0.2, 0.25) is 0 Å². The minimum atomic E-state index is -3.70. The number of benzene rings is 1. The maximum atomic E-state index is 12.9. The number of ether oxygens (including phenoxy) is 1. The highest BCUT2D eigenvalue weighted by atomic mass is 32.2. The fraction of sp³-hybridized carbons (Fsp3) is 0.389. The Morgan fingerprint density at radius 1 is 1.15 bits per heavy atom. The highest BCUT2D eigenvalue weighted by Gasteiger charge is 2.33. The Hall–Kier alpha value is -1.74. The number of hydrogen-bond donors (Lipinski definition) is 1. The van der Waals surface area contributed by atoms with E-state index in [2.05, 4.69) is 4.72 Å². The standard InChI is InChI=1S/C18H22N2O4S2/c1-14(18(21)20-9-11-24-12-10-20)17(15-6-3-2-4-7-15)19-26(22,23)16-8-5-13-25-16/h2-8,13-14,17,19H,9-12H2,1H3/t14-,17+/m1/s1. The summed E-state index contributed by atoms with van der Waals surface area (Å²) in [6.45, 7) is 3.85. The van der Waals surface area contributed by atoms with Crippen molar-refractivity contribution in [1.82, 2.24) is 9.62 Å². The number of amides is 1. The average molecular weight is 395 g/mol. The molecule has 0 unspecified atom stereocenters. The van der Waals surface area contributed by atoms with Crippen LogP contribution in [0, 0.1) is 5.92 Å². The number of nitrogens with one attached hydrogen (secondary N) is 1. The summed E-state index contributed by atoms with van der Waals surface area (Å²) in [6, 6.07) is 11.8. The quantitative estimate of drug-likeness (QED) is 0.815. The van der Waals surface area contributed by atoms with Crippen LogP contribution in [0.4, 0.5) is 0 Å². The van der Waals surface area contributed by atoms with Crippen LogP contribution >= 0.6 is 11.3 Å². The van der Waals surface area contributed by atoms with Crippen LogP contribution in [0.25, 0.3) is 0 Å². The normalized spacial score (nSPS) is 17.7. The number of morpholine rings is 1. The molecule has 140 valence electrons. The molecule has 1 N–H and O–H groups in total. The number of thiophene rings is 1. The van der Waals surface area contributed by atoms with Crippen LogP contribution in [-0.4, -0.2) is 45.5 Å². The van der Waals surface area contributed by atoms with Crippen molar-refractivity contribution in [3.8, 4) is 0 Å². The lowest BCUT2D eigenvalue weighted by Crippen LogP contribution is -2.46. The van der Waals surface area contributed by atoms with Gasteiger partial charge in [-0.25, -0.2) is 13.1 Å². The Bertz CT molecular complexity index is 816. The van der Waals surface area contributed by atoms with E-state index in [9.17, 15) is 13.2 Å². The molecule has 0 bridgehead atoms. The van der Waals surface area contributed by atoms with E-state index in [4.69, 9.17) is 4.74 Å². The minimum Gasteiger partial charge on any atom is -0.378 e. The number of carbonyl (C=O) groups is 1. The number of hydrogen-bond acceptors (Lipinski definition) is 5. The van der Waals surface area contributed by atoms with E-state index in [0.29, 0.717) is 26.3 Å². The van der Waals surface area contributed by atoms with Gasteiger partial charge in [-0.3, -0.25) is 4.79 Å². The minimum absolute atomic E-state index is 0.0731. The van der Waals surface area contributed by atoms with Crippen molar-refractivity contribution < 1.29 is 17.9 Å². The van der Waals surface area contributed by atoms with E-state index in [1.54, 1.807) is 29.3 Å². The maximum Gasteiger partial charge on any atom is 0.250 e. The van der Waals surface area contributed by atoms with Crippen molar-refractivity contribution in [2.45, 2.75) is 17.2 Å². The van der Waals surface area contributed by atoms with Gasteiger partial charge >= 0.3 is 0 Å². The smallest absolute Gasteiger partial charge is 0.250 e. The third kappa shape index (κ3) is 4.32. The van der Waals surface area contributed by atoms with Crippen molar-refractivity contribution in [2.24, 2.45) is 5.92 Å². The van der Waals surface area contributed by atoms with Gasteiger partial charge in [0.15, 0.2) is 0 Å². The van der Waals surface area contributed by atoms with Gasteiger partial charge in [-0.15, -0.1) is 11.3 Å². The number of rotatable bonds is 6. The van der Waals surface area contributed by atoms with Gasteiger partial charge in [0, 0.05) is 13.1 Å². The monoisotopic (exact) mass is 394 g/mol. The molecule has 1 aliphatic heterocycles. The van der Waals surface area contributed by atoms with Crippen molar-refractivity contribution in [3.63, 3.8) is 0 Å². The average Bonchev–Trinajstić information content (AvgIpc) is 3.22. The molecule has 1 saturated heterocycles. The molecule has 2 aromatic rings. The molecule has 8 heteroatoms. The third-order valence-electron chi connectivity index (χ3n) is 4.41. The van der Waals surface area contributed by atoms with E-state index >= 15 is 0 Å². The summed E-state index contributed by atoms with van der Waals surface area (Å²) in [7, 11) is -3.70. The number of nitrogens with zero attached hydrogens (tertiary/aromatic N) is 1. The summed E-state index contributed by atoms with van der Waals surface area (Å²) in [6.07, 6.45) is 0. The van der Waals surface area contributed by atoms with Gasteiger partial charge in [-0.05, 0) is 17.0 Å². The summed E-state index contributed by atoms with van der Waals surface area (Å²) in [5, 5.41) is 1.72. The predicted octanol–water partition coefficient (Wildman–Crippen LogP) is 2.26. The largest absolute Gasteiger partial charge is 0.378 e. The molecule has 1 aromatic carbocycles. The van der Waals surface area contributed by atoms with E-state index in [-0.39, 0.29) is 10.1 Å². The van der Waals surface area contributed by atoms with Gasteiger partial charge in [0.1, 0.15) is 4.21 Å². The van der Waals surface area contributed by atoms with Gasteiger partial charge in [0.05, 0.1) is 25.2 Å². The topological polar surface area (TPSA) is 75.7 Å². The SMILES string of the molecule is C[C@@H](C(=O)N1CCOCC1)[C@H](NS(=O)(=O)c1cccs1)c1ccccc1. The molecule has 2 atom stereocenters. The predicted molar refractivity (Wildman–Crippen MR) is 100 cm³/mol. The molecular formula is C18H22N2O4S2. The van der Waals surface area contributed by atoms with E-state index in [1.165, 1.54) is 0 Å². The Morgan fingerprint density at radius 2 is 1.85 bits per heavy atom. The first kappa shape index (κ1) is 19.0. The Kier molecular flexibility index (Phi) is 6.08. The molecule has 1 amide bonds. The first-order valence-electron chi connectivity index (χ1n) is 8.46. The van der Waals surface area contributed by atoms with Crippen molar-refractivity contribution in [2.75, 3.05) is 26.3 Å². The molecule has 0 radical (unpaired) electrons. The third-order valence-corrected chi connectivity index (χ3v) is 7.25. The zero-order chi connectivity index (χ0) is 18.6. The molecule has 3 rings (SSSR count). The lowest BCUT2D eigenvalue weighted by atomic mass is 9.94. The van der Waals surface area contributed by atoms with Gasteiger partial charge in [0.25, 0.3) is 10.0 Å². The lowest BCUT2D eigenvalue weighted by molar-refractivity contribution is -0.139. The van der Waals surface area contributed by atoms with Crippen LogP contribution in [0.5, 0.6) is 0 Å². The second-order valence-electron chi connectivity index (χ2n) is 6.17. The second-order valence-corrected chi connectivity index (χ2v) is 9.06. The van der Waals surface area contributed by atoms with Crippen LogP contribution < -0.4 is 4.72 Å². The van der Waals surface area contributed by atoms with Crippen LogP contribution in [0.1, 0.15) is 18.5 Å². The summed E-state index contributed by atoms with van der Waals surface area (Å²) in [5.74, 6) is -0.610. The van der Waals surface area contributed by atoms with Crippen LogP contribution in [0.15, 0.2) is 52.1 Å². The summed E-state index contributed by atoms with van der Waals surface area (Å²) in [4.78, 5) is 14.7. The Labute approximate surface area is 157 Å². The van der Waals surface area contributed by atoms with Gasteiger partial charge in [-0.2, -0.15) is 0 Å². The van der Waals surface area contributed by atoms with Crippen LogP contribution in [0.3, 0.4) is 0 Å². The molecule has 6 nitrogen and oxygen atoms in total. The second kappa shape index (κ2) is 8.30. The molecule has 1 fully saturated rings. The number of carbonyl (C=O) groups excluding carboxylic acids is 1. The first-order chi connectivity index (χ1) is 12.5. The van der Waals surface area contributed by atoms with E-state index < -0.39 is 22.0 Å². The molecule has 0 saturated carbocycles. The highest BCUT2D eigenvalue weighted by Crippen LogP contribution is 2.27. The van der Waals surface area contributed by atoms with Gasteiger partial charge in [0.2, 0.25) is 5.91 Å². The summed E-state index contributed by atoms with van der Waals surface area (Å²) in [5.41, 5.74) is 0.766. The van der Waals surface area contributed by atoms with Crippen LogP contribution in [-0.2, 0) is 19.6 Å². The number of sulfonamides is 1. The Morgan fingerprint density at radius 3 is 2.46 bits per heavy atom. The van der Waals surface area contributed by atoms with Gasteiger partial charge in [-0.1, -0.05) is 43.3 Å². The molecule has 1 aliphatic rings. The van der Waals surface area contributed by atoms with Crippen molar-refractivity contribution >= 4 is 27.3 Å². The fourth-order valence-electron chi connectivity index (χ4n) is 2.98.